The molecule has 0 aliphatic carbocycles. The van der Waals surface area contributed by atoms with E-state index >= 15 is 0 Å². The van der Waals surface area contributed by atoms with E-state index in [-0.39, 0.29) is 28.2 Å². The van der Waals surface area contributed by atoms with Crippen molar-refractivity contribution in [1.82, 2.24) is 9.55 Å². The maximum atomic E-state index is 12.3. The highest BCUT2D eigenvalue weighted by atomic mass is 16.5. The maximum Gasteiger partial charge on any atom is 0.330 e. The standard InChI is InChI=1S/C18H30N2O3/c1-11-8-14(21)20(16(22)19-11)15-9-12(18(5,6)7)13(23-15)10-17(2,3)4/h8,12-13,15H,9-10H2,1-7H3,(H,19,22)/t12?,13-,15-/m1/s1. The van der Waals surface area contributed by atoms with Gasteiger partial charge in [0.05, 0.1) is 6.10 Å². The Balaban J connectivity index is 2.37. The van der Waals surface area contributed by atoms with Gasteiger partial charge in [0.1, 0.15) is 6.23 Å². The summed E-state index contributed by atoms with van der Waals surface area (Å²) in [5.74, 6) is 0.305. The van der Waals surface area contributed by atoms with Crippen molar-refractivity contribution in [3.05, 3.63) is 32.6 Å². The molecule has 0 radical (unpaired) electrons. The summed E-state index contributed by atoms with van der Waals surface area (Å²) >= 11 is 0. The maximum absolute atomic E-state index is 12.3. The van der Waals surface area contributed by atoms with Crippen LogP contribution in [0.5, 0.6) is 0 Å². The van der Waals surface area contributed by atoms with Crippen LogP contribution in [0.25, 0.3) is 0 Å². The first kappa shape index (κ1) is 18.0. The van der Waals surface area contributed by atoms with Crippen LogP contribution >= 0.6 is 0 Å². The van der Waals surface area contributed by atoms with Crippen LogP contribution in [-0.2, 0) is 4.74 Å². The normalized spacial score (nSPS) is 25.8. The number of nitrogens with zero attached hydrogens (tertiary/aromatic N) is 1. The summed E-state index contributed by atoms with van der Waals surface area (Å²) in [6, 6.07) is 1.45. The smallest absolute Gasteiger partial charge is 0.330 e. The van der Waals surface area contributed by atoms with Gasteiger partial charge in [0.25, 0.3) is 5.56 Å². The SMILES string of the molecule is Cc1cc(=O)n([C@H]2CC(C(C)(C)C)[C@@H](CC(C)(C)C)O2)c(=O)[nH]1. The first-order valence-corrected chi connectivity index (χ1v) is 8.36. The lowest BCUT2D eigenvalue weighted by molar-refractivity contribution is -0.0353. The van der Waals surface area contributed by atoms with Gasteiger partial charge >= 0.3 is 5.69 Å². The van der Waals surface area contributed by atoms with Crippen LogP contribution in [-0.4, -0.2) is 15.7 Å². The number of ether oxygens (including phenoxy) is 1. The van der Waals surface area contributed by atoms with Gasteiger partial charge in [-0.25, -0.2) is 9.36 Å². The molecule has 5 nitrogen and oxygen atoms in total. The summed E-state index contributed by atoms with van der Waals surface area (Å²) in [5, 5.41) is 0. The highest BCUT2D eigenvalue weighted by molar-refractivity contribution is 4.99. The van der Waals surface area contributed by atoms with Crippen LogP contribution < -0.4 is 11.2 Å². The molecule has 2 rings (SSSR count). The van der Waals surface area contributed by atoms with Crippen molar-refractivity contribution in [1.29, 1.82) is 0 Å². The summed E-state index contributed by atoms with van der Waals surface area (Å²) in [5.41, 5.74) is 0.0941. The van der Waals surface area contributed by atoms with E-state index < -0.39 is 6.23 Å². The van der Waals surface area contributed by atoms with E-state index in [9.17, 15) is 9.59 Å². The van der Waals surface area contributed by atoms with Gasteiger partial charge in [-0.3, -0.25) is 4.79 Å². The Labute approximate surface area is 138 Å². The molecular weight excluding hydrogens is 292 g/mol. The molecule has 1 fully saturated rings. The Hall–Kier alpha value is -1.36. The Morgan fingerprint density at radius 3 is 2.30 bits per heavy atom. The zero-order valence-corrected chi connectivity index (χ0v) is 15.4. The van der Waals surface area contributed by atoms with Crippen LogP contribution in [0.3, 0.4) is 0 Å². The second kappa shape index (κ2) is 5.93. The minimum absolute atomic E-state index is 0.0487. The second-order valence-corrected chi connectivity index (χ2v) is 9.07. The van der Waals surface area contributed by atoms with Crippen LogP contribution in [0, 0.1) is 23.7 Å². The monoisotopic (exact) mass is 322 g/mol. The molecule has 130 valence electrons. The molecule has 1 saturated heterocycles. The van der Waals surface area contributed by atoms with Crippen molar-refractivity contribution >= 4 is 0 Å². The molecule has 1 aromatic rings. The fourth-order valence-electron chi connectivity index (χ4n) is 3.49. The van der Waals surface area contributed by atoms with Gasteiger partial charge in [-0.05, 0) is 36.5 Å². The summed E-state index contributed by atoms with van der Waals surface area (Å²) in [6.45, 7) is 14.9. The summed E-state index contributed by atoms with van der Waals surface area (Å²) in [4.78, 5) is 27.2. The van der Waals surface area contributed by atoms with E-state index in [1.54, 1.807) is 6.92 Å². The first-order chi connectivity index (χ1) is 10.4. The van der Waals surface area contributed by atoms with Gasteiger partial charge in [0, 0.05) is 11.8 Å². The van der Waals surface area contributed by atoms with E-state index in [1.165, 1.54) is 10.6 Å². The van der Waals surface area contributed by atoms with E-state index in [4.69, 9.17) is 4.74 Å². The number of hydrogen-bond donors (Lipinski definition) is 1. The van der Waals surface area contributed by atoms with Crippen LogP contribution in [0.4, 0.5) is 0 Å². The predicted molar refractivity (Wildman–Crippen MR) is 91.6 cm³/mol. The number of H-pyrrole nitrogens is 1. The summed E-state index contributed by atoms with van der Waals surface area (Å²) in [7, 11) is 0. The predicted octanol–water partition coefficient (Wildman–Crippen LogP) is 3.23. The highest BCUT2D eigenvalue weighted by Gasteiger charge is 2.44. The minimum Gasteiger partial charge on any atom is -0.354 e. The number of aromatic amines is 1. The third-order valence-electron chi connectivity index (χ3n) is 4.55. The lowest BCUT2D eigenvalue weighted by atomic mass is 9.73. The topological polar surface area (TPSA) is 64.1 Å². The van der Waals surface area contributed by atoms with Crippen molar-refractivity contribution in [3.63, 3.8) is 0 Å². The molecule has 3 atom stereocenters. The first-order valence-electron chi connectivity index (χ1n) is 8.36. The largest absolute Gasteiger partial charge is 0.354 e. The molecule has 1 aliphatic heterocycles. The van der Waals surface area contributed by atoms with Gasteiger partial charge in [-0.2, -0.15) is 0 Å². The lowest BCUT2D eigenvalue weighted by Crippen LogP contribution is -2.38. The van der Waals surface area contributed by atoms with Gasteiger partial charge in [-0.15, -0.1) is 0 Å². The summed E-state index contributed by atoms with van der Waals surface area (Å²) < 4.78 is 7.44. The number of rotatable bonds is 2. The molecule has 5 heteroatoms. The van der Waals surface area contributed by atoms with Crippen LogP contribution in [0.2, 0.25) is 0 Å². The van der Waals surface area contributed by atoms with Crippen molar-refractivity contribution in [2.24, 2.45) is 16.7 Å². The second-order valence-electron chi connectivity index (χ2n) is 9.07. The van der Waals surface area contributed by atoms with Crippen LogP contribution in [0.1, 0.15) is 66.3 Å². The zero-order valence-electron chi connectivity index (χ0n) is 15.4. The molecule has 1 aliphatic rings. The molecule has 23 heavy (non-hydrogen) atoms. The Morgan fingerprint density at radius 1 is 1.22 bits per heavy atom. The average Bonchev–Trinajstić information content (AvgIpc) is 2.68. The molecule has 0 aromatic carbocycles. The number of nitrogens with one attached hydrogen (secondary N) is 1. The van der Waals surface area contributed by atoms with E-state index in [0.717, 1.165) is 6.42 Å². The lowest BCUT2D eigenvalue weighted by Gasteiger charge is -2.33. The number of aryl methyl sites for hydroxylation is 1. The van der Waals surface area contributed by atoms with Crippen molar-refractivity contribution in [2.45, 2.75) is 73.6 Å². The van der Waals surface area contributed by atoms with Gasteiger partial charge in [0.15, 0.2) is 0 Å². The number of hydrogen-bond acceptors (Lipinski definition) is 3. The minimum atomic E-state index is -0.483. The molecule has 0 bridgehead atoms. The fraction of sp³-hybridized carbons (Fsp3) is 0.778. The molecular formula is C18H30N2O3. The van der Waals surface area contributed by atoms with Crippen LogP contribution in [0.15, 0.2) is 15.7 Å². The molecule has 1 N–H and O–H groups in total. The Kier molecular flexibility index (Phi) is 4.64. The molecule has 2 heterocycles. The van der Waals surface area contributed by atoms with E-state index in [1.807, 2.05) is 0 Å². The number of aromatic nitrogens is 2. The average molecular weight is 322 g/mol. The highest BCUT2D eigenvalue weighted by Crippen LogP contribution is 2.46. The zero-order chi connectivity index (χ0) is 17.6. The molecule has 0 amide bonds. The van der Waals surface area contributed by atoms with Crippen molar-refractivity contribution in [2.75, 3.05) is 0 Å². The Morgan fingerprint density at radius 2 is 1.83 bits per heavy atom. The third-order valence-corrected chi connectivity index (χ3v) is 4.55. The molecule has 0 saturated carbocycles. The third kappa shape index (κ3) is 4.14. The van der Waals surface area contributed by atoms with Gasteiger partial charge < -0.3 is 9.72 Å². The molecule has 1 unspecified atom stereocenters. The quantitative estimate of drug-likeness (QED) is 0.909. The van der Waals surface area contributed by atoms with Gasteiger partial charge in [0.2, 0.25) is 0 Å². The fourth-order valence-corrected chi connectivity index (χ4v) is 3.49. The molecule has 0 spiro atoms. The summed E-state index contributed by atoms with van der Waals surface area (Å²) in [6.07, 6.45) is 1.16. The molecule has 1 aromatic heterocycles. The van der Waals surface area contributed by atoms with E-state index in [0.29, 0.717) is 18.0 Å². The van der Waals surface area contributed by atoms with Gasteiger partial charge in [-0.1, -0.05) is 41.5 Å². The Bertz CT molecular complexity index is 642. The van der Waals surface area contributed by atoms with Crippen molar-refractivity contribution in [3.8, 4) is 0 Å². The van der Waals surface area contributed by atoms with Crippen molar-refractivity contribution < 1.29 is 4.74 Å². The van der Waals surface area contributed by atoms with E-state index in [2.05, 4.69) is 46.5 Å².